The summed E-state index contributed by atoms with van der Waals surface area (Å²) in [5.41, 5.74) is 0.775. The van der Waals surface area contributed by atoms with Gasteiger partial charge in [-0.1, -0.05) is 0 Å². The van der Waals surface area contributed by atoms with E-state index in [0.717, 1.165) is 56.9 Å². The third kappa shape index (κ3) is 3.86. The Balaban J connectivity index is 1.55. The molecular weight excluding hydrogens is 460 g/mol. The molecule has 8 nitrogen and oxygen atoms in total. The minimum Gasteiger partial charge on any atom is -0.493 e. The SMILES string of the molecule is COc1cc2c(OC)nc3c4cc5c(cc4cc(OCCCN4CCCC4)c3c2cc1OC)OCO5. The molecule has 0 unspecified atom stereocenters. The van der Waals surface area contributed by atoms with Crippen LogP contribution in [0.25, 0.3) is 32.4 Å². The molecule has 0 spiro atoms. The van der Waals surface area contributed by atoms with Crippen LogP contribution >= 0.6 is 0 Å². The molecule has 0 bridgehead atoms. The highest BCUT2D eigenvalue weighted by Gasteiger charge is 2.22. The van der Waals surface area contributed by atoms with Crippen LogP contribution in [0.4, 0.5) is 0 Å². The summed E-state index contributed by atoms with van der Waals surface area (Å²) >= 11 is 0. The van der Waals surface area contributed by atoms with Crippen molar-refractivity contribution < 1.29 is 28.4 Å². The Bertz CT molecular complexity index is 1450. The molecule has 1 aromatic heterocycles. The van der Waals surface area contributed by atoms with E-state index in [2.05, 4.69) is 11.0 Å². The maximum absolute atomic E-state index is 6.47. The van der Waals surface area contributed by atoms with Crippen LogP contribution in [0.3, 0.4) is 0 Å². The first-order valence-corrected chi connectivity index (χ1v) is 12.3. The first-order chi connectivity index (χ1) is 17.7. The Morgan fingerprint density at radius 3 is 2.25 bits per heavy atom. The van der Waals surface area contributed by atoms with Gasteiger partial charge in [0, 0.05) is 22.7 Å². The summed E-state index contributed by atoms with van der Waals surface area (Å²) in [6, 6.07) is 9.91. The molecule has 0 aliphatic carbocycles. The quantitative estimate of drug-likeness (QED) is 0.248. The van der Waals surface area contributed by atoms with Crippen molar-refractivity contribution in [2.45, 2.75) is 19.3 Å². The van der Waals surface area contributed by atoms with Crippen molar-refractivity contribution >= 4 is 32.4 Å². The Hall–Kier alpha value is -3.65. The van der Waals surface area contributed by atoms with Crippen LogP contribution in [0, 0.1) is 0 Å². The molecular formula is C28H30N2O6. The highest BCUT2D eigenvalue weighted by atomic mass is 16.7. The van der Waals surface area contributed by atoms with Crippen molar-refractivity contribution in [1.82, 2.24) is 9.88 Å². The zero-order valence-corrected chi connectivity index (χ0v) is 20.9. The topological polar surface area (TPSA) is 71.5 Å². The second kappa shape index (κ2) is 9.43. The van der Waals surface area contributed by atoms with Crippen molar-refractivity contribution in [3.05, 3.63) is 30.3 Å². The number of rotatable bonds is 8. The molecule has 3 aromatic carbocycles. The fourth-order valence-electron chi connectivity index (χ4n) is 5.29. The summed E-state index contributed by atoms with van der Waals surface area (Å²) in [6.07, 6.45) is 3.54. The Morgan fingerprint density at radius 1 is 0.806 bits per heavy atom. The van der Waals surface area contributed by atoms with Crippen molar-refractivity contribution in [3.8, 4) is 34.6 Å². The van der Waals surface area contributed by atoms with Gasteiger partial charge in [0.05, 0.1) is 38.8 Å². The van der Waals surface area contributed by atoms with E-state index in [1.165, 1.54) is 25.9 Å². The van der Waals surface area contributed by atoms with Gasteiger partial charge in [-0.2, -0.15) is 0 Å². The number of methoxy groups -OCH3 is 3. The van der Waals surface area contributed by atoms with Crippen molar-refractivity contribution in [2.75, 3.05) is 54.4 Å². The lowest BCUT2D eigenvalue weighted by atomic mass is 9.99. The summed E-state index contributed by atoms with van der Waals surface area (Å²) in [6.45, 7) is 4.23. The number of pyridine rings is 1. The van der Waals surface area contributed by atoms with Gasteiger partial charge in [0.25, 0.3) is 0 Å². The monoisotopic (exact) mass is 490 g/mol. The molecule has 8 heteroatoms. The third-order valence-corrected chi connectivity index (χ3v) is 7.07. The predicted octanol–water partition coefficient (Wildman–Crippen LogP) is 5.16. The summed E-state index contributed by atoms with van der Waals surface area (Å²) in [5, 5.41) is 4.55. The summed E-state index contributed by atoms with van der Waals surface area (Å²) in [5.74, 6) is 3.94. The van der Waals surface area contributed by atoms with Gasteiger partial charge >= 0.3 is 0 Å². The van der Waals surface area contributed by atoms with Crippen molar-refractivity contribution in [1.29, 1.82) is 0 Å². The summed E-state index contributed by atoms with van der Waals surface area (Å²) in [7, 11) is 4.88. The average molecular weight is 491 g/mol. The van der Waals surface area contributed by atoms with Crippen LogP contribution in [0.2, 0.25) is 0 Å². The first-order valence-electron chi connectivity index (χ1n) is 12.3. The van der Waals surface area contributed by atoms with Gasteiger partial charge in [-0.3, -0.25) is 0 Å². The number of nitrogens with zero attached hydrogens (tertiary/aromatic N) is 2. The van der Waals surface area contributed by atoms with Crippen LogP contribution in [-0.4, -0.2) is 64.2 Å². The smallest absolute Gasteiger partial charge is 0.231 e. The largest absolute Gasteiger partial charge is 0.493 e. The Morgan fingerprint density at radius 2 is 1.53 bits per heavy atom. The van der Waals surface area contributed by atoms with Crippen LogP contribution in [-0.2, 0) is 0 Å². The van der Waals surface area contributed by atoms with E-state index in [1.807, 2.05) is 24.3 Å². The lowest BCUT2D eigenvalue weighted by Crippen LogP contribution is -2.21. The number of hydrogen-bond acceptors (Lipinski definition) is 8. The van der Waals surface area contributed by atoms with E-state index in [1.54, 1.807) is 21.3 Å². The van der Waals surface area contributed by atoms with Crippen LogP contribution in [0.5, 0.6) is 34.6 Å². The number of benzene rings is 3. The highest BCUT2D eigenvalue weighted by molar-refractivity contribution is 6.20. The normalized spacial score (nSPS) is 15.2. The average Bonchev–Trinajstić information content (AvgIpc) is 3.60. The maximum atomic E-state index is 6.47. The van der Waals surface area contributed by atoms with Crippen LogP contribution < -0.4 is 28.4 Å². The van der Waals surface area contributed by atoms with E-state index >= 15 is 0 Å². The van der Waals surface area contributed by atoms with Crippen LogP contribution in [0.1, 0.15) is 19.3 Å². The van der Waals surface area contributed by atoms with E-state index in [0.29, 0.717) is 29.7 Å². The number of hydrogen-bond donors (Lipinski definition) is 0. The molecule has 188 valence electrons. The van der Waals surface area contributed by atoms with Crippen molar-refractivity contribution in [3.63, 3.8) is 0 Å². The molecule has 6 rings (SSSR count). The Labute approximate surface area is 209 Å². The molecule has 0 amide bonds. The van der Waals surface area contributed by atoms with Gasteiger partial charge in [-0.25, -0.2) is 4.98 Å². The molecule has 2 aliphatic heterocycles. The van der Waals surface area contributed by atoms with E-state index < -0.39 is 0 Å². The molecule has 1 fully saturated rings. The fraction of sp³-hybridized carbons (Fsp3) is 0.393. The molecule has 3 heterocycles. The number of fused-ring (bicyclic) bond motifs is 6. The van der Waals surface area contributed by atoms with Crippen molar-refractivity contribution in [2.24, 2.45) is 0 Å². The molecule has 0 N–H and O–H groups in total. The van der Waals surface area contributed by atoms with Gasteiger partial charge in [0.15, 0.2) is 23.0 Å². The number of likely N-dealkylation sites (tertiary alicyclic amines) is 1. The Kier molecular flexibility index (Phi) is 5.97. The highest BCUT2D eigenvalue weighted by Crippen LogP contribution is 2.46. The molecule has 36 heavy (non-hydrogen) atoms. The fourth-order valence-corrected chi connectivity index (χ4v) is 5.29. The van der Waals surface area contributed by atoms with Gasteiger partial charge in [-0.05, 0) is 68.1 Å². The standard InChI is InChI=1S/C28H30N2O6/c1-31-21-14-19-20(15-22(21)32-2)28(33-3)29-27-18-13-24-23(35-16-36-24)11-17(18)12-25(26(19)27)34-10-6-9-30-7-4-5-8-30/h11-15H,4-10,16H2,1-3H3. The van der Waals surface area contributed by atoms with Gasteiger partial charge in [-0.15, -0.1) is 0 Å². The van der Waals surface area contributed by atoms with E-state index in [-0.39, 0.29) is 6.79 Å². The summed E-state index contributed by atoms with van der Waals surface area (Å²) < 4.78 is 34.7. The second-order valence-corrected chi connectivity index (χ2v) is 9.15. The van der Waals surface area contributed by atoms with E-state index in [9.17, 15) is 0 Å². The lowest BCUT2D eigenvalue weighted by molar-refractivity contribution is 0.174. The van der Waals surface area contributed by atoms with E-state index in [4.69, 9.17) is 33.4 Å². The molecule has 1 saturated heterocycles. The molecule has 0 saturated carbocycles. The minimum atomic E-state index is 0.208. The third-order valence-electron chi connectivity index (χ3n) is 7.07. The van der Waals surface area contributed by atoms with Gasteiger partial charge in [0.1, 0.15) is 5.75 Å². The molecule has 4 aromatic rings. The molecule has 0 radical (unpaired) electrons. The van der Waals surface area contributed by atoms with Gasteiger partial charge in [0.2, 0.25) is 12.7 Å². The minimum absolute atomic E-state index is 0.208. The molecule has 2 aliphatic rings. The number of aromatic nitrogens is 1. The first kappa shape index (κ1) is 22.8. The van der Waals surface area contributed by atoms with Gasteiger partial charge < -0.3 is 33.3 Å². The zero-order valence-electron chi connectivity index (χ0n) is 20.9. The van der Waals surface area contributed by atoms with Crippen LogP contribution in [0.15, 0.2) is 30.3 Å². The molecule has 0 atom stereocenters. The summed E-state index contributed by atoms with van der Waals surface area (Å²) in [4.78, 5) is 7.46. The zero-order chi connectivity index (χ0) is 24.6. The second-order valence-electron chi connectivity index (χ2n) is 9.15. The predicted molar refractivity (Wildman–Crippen MR) is 138 cm³/mol. The lowest BCUT2D eigenvalue weighted by Gasteiger charge is -2.18. The maximum Gasteiger partial charge on any atom is 0.231 e. The number of ether oxygens (including phenoxy) is 6.